The lowest BCUT2D eigenvalue weighted by atomic mass is 10.1. The highest BCUT2D eigenvalue weighted by atomic mass is 19.3. The van der Waals surface area contributed by atoms with E-state index in [0.29, 0.717) is 12.6 Å². The Balaban J connectivity index is 1.96. The lowest BCUT2D eigenvalue weighted by Gasteiger charge is -2.38. The zero-order chi connectivity index (χ0) is 8.27. The van der Waals surface area contributed by atoms with Gasteiger partial charge in [-0.15, -0.1) is 0 Å². The molecule has 0 radical (unpaired) electrons. The summed E-state index contributed by atoms with van der Waals surface area (Å²) in [7, 11) is 1.90. The van der Waals surface area contributed by atoms with Crippen LogP contribution in [0.4, 0.5) is 8.78 Å². The molecule has 0 aromatic carbocycles. The van der Waals surface area contributed by atoms with Crippen LogP contribution in [0.25, 0.3) is 0 Å². The molecular weight excluding hydrogens is 150 g/mol. The largest absolute Gasteiger partial charge is 0.315 e. The number of nitrogens with zero attached hydrogens (tertiary/aromatic N) is 1. The van der Waals surface area contributed by atoms with Crippen LogP contribution >= 0.6 is 0 Å². The number of hydrogen-bond donors (Lipinski definition) is 1. The number of likely N-dealkylation sites (N-methyl/N-ethyl adjacent to an activating group) is 1. The van der Waals surface area contributed by atoms with Crippen molar-refractivity contribution in [3.63, 3.8) is 0 Å². The third-order valence-corrected chi connectivity index (χ3v) is 2.03. The first-order valence-electron chi connectivity index (χ1n) is 3.90. The van der Waals surface area contributed by atoms with Crippen LogP contribution in [0.2, 0.25) is 0 Å². The van der Waals surface area contributed by atoms with Crippen LogP contribution in [0.3, 0.4) is 0 Å². The second-order valence-corrected chi connectivity index (χ2v) is 2.92. The molecule has 0 spiro atoms. The number of nitrogens with one attached hydrogen (secondary N) is 1. The average Bonchev–Trinajstić information content (AvgIpc) is 1.84. The maximum Gasteiger partial charge on any atom is 0.239 e. The minimum Gasteiger partial charge on any atom is -0.315 e. The molecule has 1 saturated heterocycles. The quantitative estimate of drug-likeness (QED) is 0.652. The summed E-state index contributed by atoms with van der Waals surface area (Å²) in [6.45, 7) is 2.38. The Morgan fingerprint density at radius 1 is 1.55 bits per heavy atom. The third-order valence-electron chi connectivity index (χ3n) is 2.03. The van der Waals surface area contributed by atoms with Crippen LogP contribution in [0, 0.1) is 0 Å². The number of likely N-dealkylation sites (tertiary alicyclic amines) is 1. The molecule has 2 nitrogen and oxygen atoms in total. The maximum atomic E-state index is 11.7. The van der Waals surface area contributed by atoms with E-state index in [2.05, 4.69) is 5.32 Å². The number of alkyl halides is 2. The van der Waals surface area contributed by atoms with Gasteiger partial charge >= 0.3 is 0 Å². The third kappa shape index (κ3) is 2.71. The monoisotopic (exact) mass is 164 g/mol. The van der Waals surface area contributed by atoms with Crippen molar-refractivity contribution in [1.82, 2.24) is 10.2 Å². The fourth-order valence-electron chi connectivity index (χ4n) is 1.22. The highest BCUT2D eigenvalue weighted by Gasteiger charge is 2.24. The molecule has 0 unspecified atom stereocenters. The normalized spacial score (nSPS) is 20.7. The molecule has 0 bridgehead atoms. The lowest BCUT2D eigenvalue weighted by molar-refractivity contribution is 0.0794. The van der Waals surface area contributed by atoms with Gasteiger partial charge in [0.05, 0.1) is 0 Å². The zero-order valence-electron chi connectivity index (χ0n) is 6.69. The first-order chi connectivity index (χ1) is 5.22. The molecular formula is C7H14F2N2. The van der Waals surface area contributed by atoms with Gasteiger partial charge in [-0.1, -0.05) is 0 Å². The number of rotatable bonds is 4. The summed E-state index contributed by atoms with van der Waals surface area (Å²) in [6, 6.07) is 0.521. The van der Waals surface area contributed by atoms with E-state index in [4.69, 9.17) is 0 Å². The minimum absolute atomic E-state index is 0.0104. The van der Waals surface area contributed by atoms with Gasteiger partial charge in [-0.3, -0.25) is 4.90 Å². The van der Waals surface area contributed by atoms with E-state index in [1.165, 1.54) is 0 Å². The Kier molecular flexibility index (Phi) is 3.20. The van der Waals surface area contributed by atoms with E-state index in [9.17, 15) is 8.78 Å². The average molecular weight is 164 g/mol. The van der Waals surface area contributed by atoms with Gasteiger partial charge in [0.2, 0.25) is 6.43 Å². The van der Waals surface area contributed by atoms with Gasteiger partial charge in [-0.25, -0.2) is 8.78 Å². The Hall–Kier alpha value is -0.220. The molecule has 1 fully saturated rings. The molecule has 0 amide bonds. The molecule has 11 heavy (non-hydrogen) atoms. The van der Waals surface area contributed by atoms with Crippen LogP contribution in [-0.2, 0) is 0 Å². The summed E-state index contributed by atoms with van der Waals surface area (Å²) < 4.78 is 23.4. The second-order valence-electron chi connectivity index (χ2n) is 2.92. The van der Waals surface area contributed by atoms with E-state index >= 15 is 0 Å². The van der Waals surface area contributed by atoms with Crippen LogP contribution in [-0.4, -0.2) is 44.0 Å². The standard InChI is InChI=1S/C7H14F2N2/c1-10-6-4-11(5-6)3-2-7(8)9/h6-7,10H,2-5H2,1H3. The number of halogens is 2. The molecule has 4 heteroatoms. The lowest BCUT2D eigenvalue weighted by Crippen LogP contribution is -2.57. The summed E-state index contributed by atoms with van der Waals surface area (Å²) in [5, 5.41) is 3.09. The van der Waals surface area contributed by atoms with Crippen molar-refractivity contribution in [2.24, 2.45) is 0 Å². The Bertz CT molecular complexity index is 113. The van der Waals surface area contributed by atoms with Crippen LogP contribution < -0.4 is 5.32 Å². The number of hydrogen-bond acceptors (Lipinski definition) is 2. The summed E-state index contributed by atoms with van der Waals surface area (Å²) in [6.07, 6.45) is -2.14. The van der Waals surface area contributed by atoms with Gasteiger partial charge in [0, 0.05) is 32.1 Å². The van der Waals surface area contributed by atoms with E-state index in [1.54, 1.807) is 0 Å². The van der Waals surface area contributed by atoms with Crippen LogP contribution in [0.1, 0.15) is 6.42 Å². The summed E-state index contributed by atoms with van der Waals surface area (Å²) in [5.41, 5.74) is 0. The minimum atomic E-state index is -2.15. The van der Waals surface area contributed by atoms with Gasteiger partial charge in [-0.05, 0) is 7.05 Å². The molecule has 0 atom stereocenters. The Morgan fingerprint density at radius 2 is 2.18 bits per heavy atom. The molecule has 0 aliphatic carbocycles. The smallest absolute Gasteiger partial charge is 0.239 e. The fourth-order valence-corrected chi connectivity index (χ4v) is 1.22. The van der Waals surface area contributed by atoms with Crippen molar-refractivity contribution in [3.05, 3.63) is 0 Å². The highest BCUT2D eigenvalue weighted by Crippen LogP contribution is 2.09. The van der Waals surface area contributed by atoms with Crippen molar-refractivity contribution in [3.8, 4) is 0 Å². The van der Waals surface area contributed by atoms with Crippen LogP contribution in [0.5, 0.6) is 0 Å². The molecule has 1 N–H and O–H groups in total. The molecule has 0 saturated carbocycles. The Morgan fingerprint density at radius 3 is 2.64 bits per heavy atom. The molecule has 1 aliphatic rings. The van der Waals surface area contributed by atoms with Crippen molar-refractivity contribution in [1.29, 1.82) is 0 Å². The van der Waals surface area contributed by atoms with Gasteiger partial charge in [-0.2, -0.15) is 0 Å². The van der Waals surface area contributed by atoms with E-state index in [0.717, 1.165) is 13.1 Å². The van der Waals surface area contributed by atoms with Gasteiger partial charge in [0.1, 0.15) is 0 Å². The molecule has 1 rings (SSSR count). The molecule has 1 aliphatic heterocycles. The van der Waals surface area contributed by atoms with E-state index in [1.807, 2.05) is 11.9 Å². The summed E-state index contributed by atoms with van der Waals surface area (Å²) in [5.74, 6) is 0. The highest BCUT2D eigenvalue weighted by molar-refractivity contribution is 4.84. The molecule has 0 aromatic rings. The van der Waals surface area contributed by atoms with Crippen LogP contribution in [0.15, 0.2) is 0 Å². The topological polar surface area (TPSA) is 15.3 Å². The predicted molar refractivity (Wildman–Crippen MR) is 39.9 cm³/mol. The van der Waals surface area contributed by atoms with Gasteiger partial charge in [0.15, 0.2) is 0 Å². The summed E-state index contributed by atoms with van der Waals surface area (Å²) >= 11 is 0. The first kappa shape index (κ1) is 8.87. The van der Waals surface area contributed by atoms with Crippen molar-refractivity contribution < 1.29 is 8.78 Å². The maximum absolute atomic E-state index is 11.7. The zero-order valence-corrected chi connectivity index (χ0v) is 6.69. The van der Waals surface area contributed by atoms with E-state index < -0.39 is 6.43 Å². The Labute approximate surface area is 65.6 Å². The van der Waals surface area contributed by atoms with Gasteiger partial charge < -0.3 is 5.32 Å². The van der Waals surface area contributed by atoms with E-state index in [-0.39, 0.29) is 6.42 Å². The van der Waals surface area contributed by atoms with Crippen molar-refractivity contribution in [2.45, 2.75) is 18.9 Å². The summed E-state index contributed by atoms with van der Waals surface area (Å²) in [4.78, 5) is 2.04. The molecule has 66 valence electrons. The second kappa shape index (κ2) is 3.97. The molecule has 1 heterocycles. The fraction of sp³-hybridized carbons (Fsp3) is 1.00. The predicted octanol–water partition coefficient (Wildman–Crippen LogP) is 0.545. The van der Waals surface area contributed by atoms with Gasteiger partial charge in [0.25, 0.3) is 0 Å². The van der Waals surface area contributed by atoms with Crippen molar-refractivity contribution >= 4 is 0 Å². The SMILES string of the molecule is CNC1CN(CCC(F)F)C1. The van der Waals surface area contributed by atoms with Crippen molar-refractivity contribution in [2.75, 3.05) is 26.7 Å². The first-order valence-corrected chi connectivity index (χ1v) is 3.90. The molecule has 0 aromatic heterocycles.